The van der Waals surface area contributed by atoms with Gasteiger partial charge in [0.15, 0.2) is 0 Å². The molecule has 2 heterocycles. The highest BCUT2D eigenvalue weighted by Gasteiger charge is 2.13. The number of methoxy groups -OCH3 is 1. The number of amides is 2. The lowest BCUT2D eigenvalue weighted by Gasteiger charge is -2.22. The molecule has 2 aromatic heterocycles. The van der Waals surface area contributed by atoms with E-state index < -0.39 is 0 Å². The van der Waals surface area contributed by atoms with Crippen LogP contribution in [0.3, 0.4) is 0 Å². The molecule has 1 N–H and O–H groups in total. The van der Waals surface area contributed by atoms with E-state index in [-0.39, 0.29) is 6.03 Å². The molecule has 2 amide bonds. The molecule has 0 atom stereocenters. The van der Waals surface area contributed by atoms with E-state index in [1.807, 2.05) is 29.0 Å². The third-order valence-corrected chi connectivity index (χ3v) is 4.41. The first kappa shape index (κ1) is 15.0. The van der Waals surface area contributed by atoms with Crippen molar-refractivity contribution in [2.24, 2.45) is 0 Å². The molecule has 0 saturated carbocycles. The molecule has 2 rings (SSSR count). The van der Waals surface area contributed by atoms with E-state index in [0.717, 1.165) is 10.4 Å². The summed E-state index contributed by atoms with van der Waals surface area (Å²) >= 11 is 3.28. The first-order valence-corrected chi connectivity index (χ1v) is 8.17. The molecule has 0 fully saturated rings. The lowest BCUT2D eigenvalue weighted by atomic mass is 10.3. The Bertz CT molecular complexity index is 497. The van der Waals surface area contributed by atoms with Crippen molar-refractivity contribution in [2.45, 2.75) is 13.1 Å². The van der Waals surface area contributed by atoms with Crippen LogP contribution in [-0.2, 0) is 17.8 Å². The molecule has 0 aliphatic carbocycles. The van der Waals surface area contributed by atoms with Crippen molar-refractivity contribution in [1.82, 2.24) is 10.2 Å². The monoisotopic (exact) mass is 310 g/mol. The predicted molar refractivity (Wildman–Crippen MR) is 83.2 cm³/mol. The topological polar surface area (TPSA) is 41.6 Å². The first-order valence-electron chi connectivity index (χ1n) is 6.35. The molecular formula is C14H18N2O2S2. The van der Waals surface area contributed by atoms with Crippen LogP contribution in [0.2, 0.25) is 0 Å². The third-order valence-electron chi connectivity index (χ3n) is 2.80. The lowest BCUT2D eigenvalue weighted by Crippen LogP contribution is -2.40. The van der Waals surface area contributed by atoms with Crippen LogP contribution in [0.4, 0.5) is 4.79 Å². The number of carbonyl (C=O) groups is 1. The van der Waals surface area contributed by atoms with E-state index in [1.54, 1.807) is 34.7 Å². The van der Waals surface area contributed by atoms with Gasteiger partial charge in [-0.1, -0.05) is 6.07 Å². The van der Waals surface area contributed by atoms with Crippen LogP contribution in [0, 0.1) is 0 Å². The Kier molecular flexibility index (Phi) is 6.04. The number of carbonyl (C=O) groups excluding carboxylic acids is 1. The van der Waals surface area contributed by atoms with Crippen molar-refractivity contribution in [2.75, 3.05) is 20.3 Å². The van der Waals surface area contributed by atoms with Gasteiger partial charge in [-0.2, -0.15) is 11.3 Å². The number of hydrogen-bond donors (Lipinski definition) is 1. The van der Waals surface area contributed by atoms with Crippen molar-refractivity contribution in [3.8, 4) is 0 Å². The molecule has 0 aliphatic rings. The first-order chi connectivity index (χ1) is 9.79. The average Bonchev–Trinajstić information content (AvgIpc) is 3.13. The minimum Gasteiger partial charge on any atom is -0.383 e. The van der Waals surface area contributed by atoms with E-state index in [9.17, 15) is 4.79 Å². The molecule has 0 unspecified atom stereocenters. The van der Waals surface area contributed by atoms with E-state index in [1.165, 1.54) is 0 Å². The Balaban J connectivity index is 1.89. The van der Waals surface area contributed by atoms with Crippen LogP contribution in [0.15, 0.2) is 34.3 Å². The SMILES string of the molecule is COCCN(Cc1ccsc1)C(=O)NCc1cccs1. The van der Waals surface area contributed by atoms with Crippen LogP contribution in [0.1, 0.15) is 10.4 Å². The van der Waals surface area contributed by atoms with Gasteiger partial charge in [-0.3, -0.25) is 0 Å². The average molecular weight is 310 g/mol. The summed E-state index contributed by atoms with van der Waals surface area (Å²) in [4.78, 5) is 15.2. The maximum Gasteiger partial charge on any atom is 0.318 e. The maximum absolute atomic E-state index is 12.2. The summed E-state index contributed by atoms with van der Waals surface area (Å²) in [6.45, 7) is 2.31. The van der Waals surface area contributed by atoms with E-state index >= 15 is 0 Å². The van der Waals surface area contributed by atoms with Gasteiger partial charge in [0.25, 0.3) is 0 Å². The van der Waals surface area contributed by atoms with Crippen LogP contribution >= 0.6 is 22.7 Å². The number of thiophene rings is 2. The van der Waals surface area contributed by atoms with Gasteiger partial charge in [-0.15, -0.1) is 11.3 Å². The van der Waals surface area contributed by atoms with Crippen molar-refractivity contribution in [3.63, 3.8) is 0 Å². The minimum absolute atomic E-state index is 0.0540. The van der Waals surface area contributed by atoms with Gasteiger partial charge in [0.1, 0.15) is 0 Å². The summed E-state index contributed by atoms with van der Waals surface area (Å²) in [5, 5.41) is 9.04. The van der Waals surface area contributed by atoms with Gasteiger partial charge in [0, 0.05) is 25.1 Å². The number of ether oxygens (including phenoxy) is 1. The Morgan fingerprint density at radius 1 is 1.40 bits per heavy atom. The normalized spacial score (nSPS) is 10.4. The fourth-order valence-corrected chi connectivity index (χ4v) is 3.05. The smallest absolute Gasteiger partial charge is 0.318 e. The molecule has 0 radical (unpaired) electrons. The van der Waals surface area contributed by atoms with Gasteiger partial charge in [0.05, 0.1) is 13.2 Å². The van der Waals surface area contributed by atoms with Crippen molar-refractivity contribution in [3.05, 3.63) is 44.8 Å². The lowest BCUT2D eigenvalue weighted by molar-refractivity contribution is 0.146. The molecule has 2 aromatic rings. The third kappa shape index (κ3) is 4.63. The summed E-state index contributed by atoms with van der Waals surface area (Å²) in [5.41, 5.74) is 1.15. The molecule has 108 valence electrons. The summed E-state index contributed by atoms with van der Waals surface area (Å²) in [6.07, 6.45) is 0. The Morgan fingerprint density at radius 3 is 2.95 bits per heavy atom. The van der Waals surface area contributed by atoms with Crippen molar-refractivity contribution in [1.29, 1.82) is 0 Å². The number of urea groups is 1. The van der Waals surface area contributed by atoms with Gasteiger partial charge in [-0.05, 0) is 33.8 Å². The van der Waals surface area contributed by atoms with Gasteiger partial charge in [-0.25, -0.2) is 4.79 Å². The second-order valence-corrected chi connectivity index (χ2v) is 6.10. The summed E-state index contributed by atoms with van der Waals surface area (Å²) in [5.74, 6) is 0. The Morgan fingerprint density at radius 2 is 2.30 bits per heavy atom. The zero-order valence-corrected chi connectivity index (χ0v) is 13.0. The van der Waals surface area contributed by atoms with E-state index in [4.69, 9.17) is 4.74 Å². The number of nitrogens with zero attached hydrogens (tertiary/aromatic N) is 1. The second-order valence-electron chi connectivity index (χ2n) is 4.28. The van der Waals surface area contributed by atoms with Crippen LogP contribution < -0.4 is 5.32 Å². The highest BCUT2D eigenvalue weighted by Crippen LogP contribution is 2.11. The fourth-order valence-electron chi connectivity index (χ4n) is 1.74. The maximum atomic E-state index is 12.2. The molecule has 0 spiro atoms. The highest BCUT2D eigenvalue weighted by atomic mass is 32.1. The largest absolute Gasteiger partial charge is 0.383 e. The molecule has 6 heteroatoms. The molecule has 0 bridgehead atoms. The van der Waals surface area contributed by atoms with Crippen molar-refractivity contribution >= 4 is 28.7 Å². The predicted octanol–water partition coefficient (Wildman–Crippen LogP) is 3.17. The van der Waals surface area contributed by atoms with Crippen LogP contribution in [-0.4, -0.2) is 31.2 Å². The Hall–Kier alpha value is -1.37. The number of rotatable bonds is 7. The van der Waals surface area contributed by atoms with Crippen molar-refractivity contribution < 1.29 is 9.53 Å². The Labute approximate surface area is 127 Å². The number of nitrogens with one attached hydrogen (secondary N) is 1. The molecule has 0 saturated heterocycles. The van der Waals surface area contributed by atoms with Crippen LogP contribution in [0.25, 0.3) is 0 Å². The zero-order chi connectivity index (χ0) is 14.2. The molecule has 4 nitrogen and oxygen atoms in total. The fraction of sp³-hybridized carbons (Fsp3) is 0.357. The summed E-state index contributed by atoms with van der Waals surface area (Å²) in [7, 11) is 1.65. The highest BCUT2D eigenvalue weighted by molar-refractivity contribution is 7.09. The standard InChI is InChI=1S/C14H18N2O2S2/c1-18-6-5-16(10-12-4-8-19-11-12)14(17)15-9-13-3-2-7-20-13/h2-4,7-8,11H,5-6,9-10H2,1H3,(H,15,17). The van der Waals surface area contributed by atoms with E-state index in [0.29, 0.717) is 26.2 Å². The number of hydrogen-bond acceptors (Lipinski definition) is 4. The van der Waals surface area contributed by atoms with Gasteiger partial charge in [0.2, 0.25) is 0 Å². The minimum atomic E-state index is -0.0540. The molecule has 0 aliphatic heterocycles. The van der Waals surface area contributed by atoms with Gasteiger partial charge >= 0.3 is 6.03 Å². The second kappa shape index (κ2) is 8.04. The molecular weight excluding hydrogens is 292 g/mol. The molecule has 0 aromatic carbocycles. The van der Waals surface area contributed by atoms with Gasteiger partial charge < -0.3 is 15.0 Å². The summed E-state index contributed by atoms with van der Waals surface area (Å²) in [6, 6.07) is 5.99. The quantitative estimate of drug-likeness (QED) is 0.853. The zero-order valence-electron chi connectivity index (χ0n) is 11.4. The summed E-state index contributed by atoms with van der Waals surface area (Å²) < 4.78 is 5.08. The molecule has 20 heavy (non-hydrogen) atoms. The van der Waals surface area contributed by atoms with E-state index in [2.05, 4.69) is 10.7 Å². The van der Waals surface area contributed by atoms with Crippen LogP contribution in [0.5, 0.6) is 0 Å².